The maximum absolute atomic E-state index is 12.4. The van der Waals surface area contributed by atoms with Crippen LogP contribution in [-0.4, -0.2) is 30.8 Å². The Bertz CT molecular complexity index is 459. The highest BCUT2D eigenvalue weighted by molar-refractivity contribution is 5.87. The van der Waals surface area contributed by atoms with Crippen molar-refractivity contribution in [3.8, 4) is 0 Å². The molecule has 2 nitrogen and oxygen atoms in total. The van der Waals surface area contributed by atoms with Gasteiger partial charge in [0.05, 0.1) is 0 Å². The summed E-state index contributed by atoms with van der Waals surface area (Å²) in [6.07, 6.45) is 11.8. The van der Waals surface area contributed by atoms with E-state index in [9.17, 15) is 4.79 Å². The Kier molecular flexibility index (Phi) is 3.67. The third-order valence-electron chi connectivity index (χ3n) is 8.37. The summed E-state index contributed by atoms with van der Waals surface area (Å²) in [7, 11) is 4.51. The summed E-state index contributed by atoms with van der Waals surface area (Å²) < 4.78 is 0. The molecule has 0 saturated heterocycles. The predicted octanol–water partition coefficient (Wildman–Crippen LogP) is 4.14. The van der Waals surface area contributed by atoms with Gasteiger partial charge in [0.15, 0.2) is 0 Å². The van der Waals surface area contributed by atoms with Gasteiger partial charge >= 0.3 is 0 Å². The van der Waals surface area contributed by atoms with Crippen molar-refractivity contribution in [1.82, 2.24) is 4.90 Å². The molecule has 4 saturated carbocycles. The highest BCUT2D eigenvalue weighted by Crippen LogP contribution is 2.61. The summed E-state index contributed by atoms with van der Waals surface area (Å²) >= 11 is 0. The molecule has 0 aromatic carbocycles. The molecule has 4 aliphatic rings. The fraction of sp³-hybridized carbons (Fsp3) is 0.950. The third kappa shape index (κ3) is 2.12. The molecule has 4 aliphatic carbocycles. The van der Waals surface area contributed by atoms with Crippen molar-refractivity contribution in [2.24, 2.45) is 35.0 Å². The highest BCUT2D eigenvalue weighted by atomic mass is 16.1. The standard InChI is InChI=1S/C20H33NO/c1-20-11-10-16-15-7-5-14(21(2)3)12-13(15)4-6-17(16)18(20)8-9-19(20)22/h13-18H,4-12H2,1-3H3/t13-,14+,15-,16+,17+,18-,20-/m0/s1. The van der Waals surface area contributed by atoms with Gasteiger partial charge in [-0.05, 0) is 95.1 Å². The highest BCUT2D eigenvalue weighted by Gasteiger charge is 2.56. The second-order valence-corrected chi connectivity index (χ2v) is 9.28. The second kappa shape index (κ2) is 5.33. The molecule has 0 heterocycles. The van der Waals surface area contributed by atoms with E-state index in [2.05, 4.69) is 25.9 Å². The second-order valence-electron chi connectivity index (χ2n) is 9.28. The summed E-state index contributed by atoms with van der Waals surface area (Å²) in [6.45, 7) is 2.30. The topological polar surface area (TPSA) is 20.3 Å². The lowest BCUT2D eigenvalue weighted by Crippen LogP contribution is -2.50. The molecule has 22 heavy (non-hydrogen) atoms. The van der Waals surface area contributed by atoms with Crippen LogP contribution in [0.4, 0.5) is 0 Å². The van der Waals surface area contributed by atoms with Crippen LogP contribution in [0.1, 0.15) is 64.7 Å². The van der Waals surface area contributed by atoms with Crippen LogP contribution in [0, 0.1) is 35.0 Å². The maximum Gasteiger partial charge on any atom is 0.139 e. The van der Waals surface area contributed by atoms with Gasteiger partial charge in [-0.3, -0.25) is 4.79 Å². The molecule has 7 atom stereocenters. The molecule has 4 fully saturated rings. The Hall–Kier alpha value is -0.370. The van der Waals surface area contributed by atoms with Gasteiger partial charge in [0.1, 0.15) is 5.78 Å². The fourth-order valence-corrected chi connectivity index (χ4v) is 7.07. The molecule has 2 heteroatoms. The van der Waals surface area contributed by atoms with E-state index in [4.69, 9.17) is 0 Å². The average Bonchev–Trinajstić information content (AvgIpc) is 2.82. The van der Waals surface area contributed by atoms with E-state index in [1.807, 2.05) is 0 Å². The first-order chi connectivity index (χ1) is 10.5. The van der Waals surface area contributed by atoms with Crippen molar-refractivity contribution in [2.45, 2.75) is 70.8 Å². The maximum atomic E-state index is 12.4. The summed E-state index contributed by atoms with van der Waals surface area (Å²) in [5.74, 6) is 5.10. The Morgan fingerprint density at radius 1 is 0.955 bits per heavy atom. The minimum atomic E-state index is 0.0643. The first-order valence-electron chi connectivity index (χ1n) is 9.70. The number of carbonyl (C=O) groups excluding carboxylic acids is 1. The van der Waals surface area contributed by atoms with Crippen LogP contribution in [0.25, 0.3) is 0 Å². The molecule has 0 radical (unpaired) electrons. The first-order valence-corrected chi connectivity index (χ1v) is 9.70. The summed E-state index contributed by atoms with van der Waals surface area (Å²) in [5, 5.41) is 0. The number of ketones is 1. The minimum absolute atomic E-state index is 0.0643. The normalized spacial score (nSPS) is 51.4. The predicted molar refractivity (Wildman–Crippen MR) is 89.6 cm³/mol. The number of carbonyl (C=O) groups is 1. The van der Waals surface area contributed by atoms with Gasteiger partial charge in [-0.25, -0.2) is 0 Å². The molecule has 0 aromatic heterocycles. The quantitative estimate of drug-likeness (QED) is 0.725. The number of fused-ring (bicyclic) bond motifs is 5. The zero-order valence-corrected chi connectivity index (χ0v) is 14.7. The molecule has 0 bridgehead atoms. The molecular formula is C20H33NO. The number of hydrogen-bond donors (Lipinski definition) is 0. The Balaban J connectivity index is 1.52. The Morgan fingerprint density at radius 3 is 2.50 bits per heavy atom. The number of rotatable bonds is 1. The molecule has 0 N–H and O–H groups in total. The van der Waals surface area contributed by atoms with Gasteiger partial charge < -0.3 is 4.90 Å². The number of Topliss-reactive ketones (excluding diaryl/α,β-unsaturated/α-hetero) is 1. The van der Waals surface area contributed by atoms with Crippen molar-refractivity contribution in [3.63, 3.8) is 0 Å². The van der Waals surface area contributed by atoms with Crippen LogP contribution >= 0.6 is 0 Å². The van der Waals surface area contributed by atoms with E-state index in [1.54, 1.807) is 0 Å². The van der Waals surface area contributed by atoms with Crippen LogP contribution in [0.3, 0.4) is 0 Å². The van der Waals surface area contributed by atoms with Gasteiger partial charge in [0.25, 0.3) is 0 Å². The smallest absolute Gasteiger partial charge is 0.139 e. The van der Waals surface area contributed by atoms with Crippen LogP contribution in [0.2, 0.25) is 0 Å². The molecule has 0 amide bonds. The van der Waals surface area contributed by atoms with Gasteiger partial charge in [0.2, 0.25) is 0 Å². The molecule has 124 valence electrons. The third-order valence-corrected chi connectivity index (χ3v) is 8.37. The van der Waals surface area contributed by atoms with Crippen molar-refractivity contribution >= 4 is 5.78 Å². The van der Waals surface area contributed by atoms with Crippen molar-refractivity contribution in [2.75, 3.05) is 14.1 Å². The van der Waals surface area contributed by atoms with Crippen LogP contribution in [0.5, 0.6) is 0 Å². The van der Waals surface area contributed by atoms with Crippen molar-refractivity contribution in [1.29, 1.82) is 0 Å². The van der Waals surface area contributed by atoms with Crippen molar-refractivity contribution in [3.05, 3.63) is 0 Å². The van der Waals surface area contributed by atoms with Gasteiger partial charge in [-0.2, -0.15) is 0 Å². The summed E-state index contributed by atoms with van der Waals surface area (Å²) in [6, 6.07) is 0.819. The Labute approximate surface area is 136 Å². The van der Waals surface area contributed by atoms with Crippen LogP contribution in [0.15, 0.2) is 0 Å². The molecule has 0 aliphatic heterocycles. The van der Waals surface area contributed by atoms with Gasteiger partial charge in [-0.15, -0.1) is 0 Å². The average molecular weight is 303 g/mol. The van der Waals surface area contributed by atoms with E-state index in [0.29, 0.717) is 5.78 Å². The monoisotopic (exact) mass is 303 g/mol. The summed E-state index contributed by atoms with van der Waals surface area (Å²) in [5.41, 5.74) is 0.0643. The lowest BCUT2D eigenvalue weighted by Gasteiger charge is -2.55. The van der Waals surface area contributed by atoms with E-state index in [0.717, 1.165) is 42.1 Å². The van der Waals surface area contributed by atoms with Crippen LogP contribution in [-0.2, 0) is 4.79 Å². The zero-order chi connectivity index (χ0) is 15.5. The van der Waals surface area contributed by atoms with Crippen LogP contribution < -0.4 is 0 Å². The zero-order valence-electron chi connectivity index (χ0n) is 14.7. The van der Waals surface area contributed by atoms with Gasteiger partial charge in [-0.1, -0.05) is 6.92 Å². The summed E-state index contributed by atoms with van der Waals surface area (Å²) in [4.78, 5) is 14.9. The fourth-order valence-electron chi connectivity index (χ4n) is 7.07. The Morgan fingerprint density at radius 2 is 1.73 bits per heavy atom. The number of nitrogens with zero attached hydrogens (tertiary/aromatic N) is 1. The largest absolute Gasteiger partial charge is 0.306 e. The number of hydrogen-bond acceptors (Lipinski definition) is 2. The van der Waals surface area contributed by atoms with E-state index < -0.39 is 0 Å². The molecule has 0 unspecified atom stereocenters. The minimum Gasteiger partial charge on any atom is -0.306 e. The molecule has 0 spiro atoms. The lowest BCUT2D eigenvalue weighted by molar-refractivity contribution is -0.133. The van der Waals surface area contributed by atoms with E-state index >= 15 is 0 Å². The SMILES string of the molecule is CN(C)[C@@H]1CC[C@H]2[C@@H](CC[C@@H]3[C@@H]2CC[C@]2(C)C(=O)CC[C@@H]32)C1. The molecule has 0 aromatic rings. The lowest BCUT2D eigenvalue weighted by atomic mass is 9.50. The van der Waals surface area contributed by atoms with E-state index in [-0.39, 0.29) is 5.41 Å². The van der Waals surface area contributed by atoms with Gasteiger partial charge in [0, 0.05) is 17.9 Å². The first kappa shape index (κ1) is 15.2. The molecule has 4 rings (SSSR count). The molecular weight excluding hydrogens is 270 g/mol. The van der Waals surface area contributed by atoms with E-state index in [1.165, 1.54) is 51.4 Å². The van der Waals surface area contributed by atoms with Crippen molar-refractivity contribution < 1.29 is 4.79 Å².